The van der Waals surface area contributed by atoms with E-state index in [9.17, 15) is 22.8 Å². The first-order valence-corrected chi connectivity index (χ1v) is 9.62. The fourth-order valence-corrected chi connectivity index (χ4v) is 3.55. The average Bonchev–Trinajstić information content (AvgIpc) is 3.12. The highest BCUT2D eigenvalue weighted by Crippen LogP contribution is 2.37. The molecule has 0 saturated heterocycles. The number of esters is 1. The summed E-state index contributed by atoms with van der Waals surface area (Å²) in [6, 6.07) is 18.1. The number of carbonyl (C=O) groups is 2. The number of anilines is 1. The van der Waals surface area contributed by atoms with Crippen molar-refractivity contribution in [2.75, 3.05) is 12.4 Å². The number of aliphatic imine (C=N–C) groups is 1. The van der Waals surface area contributed by atoms with Gasteiger partial charge in [0.05, 0.1) is 29.6 Å². The molecule has 1 N–H and O–H groups in total. The van der Waals surface area contributed by atoms with Gasteiger partial charge in [0.1, 0.15) is 5.92 Å². The van der Waals surface area contributed by atoms with Crippen molar-refractivity contribution in [3.8, 4) is 0 Å². The normalized spacial score (nSPS) is 15.8. The van der Waals surface area contributed by atoms with Gasteiger partial charge in [0.2, 0.25) is 5.91 Å². The number of halogens is 3. The Morgan fingerprint density at radius 1 is 0.969 bits per heavy atom. The zero-order valence-electron chi connectivity index (χ0n) is 16.8. The smallest absolute Gasteiger partial charge is 0.416 e. The van der Waals surface area contributed by atoms with Crippen molar-refractivity contribution in [3.63, 3.8) is 0 Å². The summed E-state index contributed by atoms with van der Waals surface area (Å²) >= 11 is 0. The number of nitrogens with one attached hydrogen (secondary N) is 1. The zero-order valence-corrected chi connectivity index (χ0v) is 16.8. The molecule has 1 amide bonds. The van der Waals surface area contributed by atoms with Crippen LogP contribution in [0.5, 0.6) is 0 Å². The van der Waals surface area contributed by atoms with Gasteiger partial charge in [0.25, 0.3) is 0 Å². The van der Waals surface area contributed by atoms with E-state index in [1.165, 1.54) is 25.3 Å². The molecule has 0 spiro atoms. The topological polar surface area (TPSA) is 67.8 Å². The second-order valence-electron chi connectivity index (χ2n) is 7.12. The van der Waals surface area contributed by atoms with Crippen LogP contribution in [0.2, 0.25) is 0 Å². The SMILES string of the molecule is COC(=O)c1ccc2c(c1)NC(=O)C2C(=Nc1ccc(C(F)(F)F)cc1)c1ccccc1. The number of hydrogen-bond donors (Lipinski definition) is 1. The van der Waals surface area contributed by atoms with Crippen molar-refractivity contribution in [2.45, 2.75) is 12.1 Å². The van der Waals surface area contributed by atoms with Crippen molar-refractivity contribution >= 4 is 29.0 Å². The number of ether oxygens (including phenoxy) is 1. The number of benzene rings is 3. The van der Waals surface area contributed by atoms with Gasteiger partial charge in [0.15, 0.2) is 0 Å². The minimum absolute atomic E-state index is 0.282. The van der Waals surface area contributed by atoms with Gasteiger partial charge in [-0.2, -0.15) is 13.2 Å². The van der Waals surface area contributed by atoms with Crippen molar-refractivity contribution in [2.24, 2.45) is 4.99 Å². The Balaban J connectivity index is 1.80. The van der Waals surface area contributed by atoms with E-state index < -0.39 is 23.6 Å². The maximum Gasteiger partial charge on any atom is 0.416 e. The van der Waals surface area contributed by atoms with Gasteiger partial charge in [-0.15, -0.1) is 0 Å². The summed E-state index contributed by atoms with van der Waals surface area (Å²) in [4.78, 5) is 29.3. The quantitative estimate of drug-likeness (QED) is 0.441. The van der Waals surface area contributed by atoms with E-state index in [0.717, 1.165) is 12.1 Å². The summed E-state index contributed by atoms with van der Waals surface area (Å²) < 4.78 is 43.4. The van der Waals surface area contributed by atoms with E-state index in [0.29, 0.717) is 22.5 Å². The monoisotopic (exact) mass is 438 g/mol. The number of hydrogen-bond acceptors (Lipinski definition) is 4. The van der Waals surface area contributed by atoms with Gasteiger partial charge >= 0.3 is 12.1 Å². The van der Waals surface area contributed by atoms with E-state index >= 15 is 0 Å². The molecule has 1 unspecified atom stereocenters. The number of carbonyl (C=O) groups excluding carboxylic acids is 2. The van der Waals surface area contributed by atoms with Crippen LogP contribution in [0.15, 0.2) is 77.8 Å². The maximum absolute atomic E-state index is 12.9. The Labute approximate surface area is 181 Å². The summed E-state index contributed by atoms with van der Waals surface area (Å²) in [5.74, 6) is -1.69. The molecule has 3 aromatic carbocycles. The lowest BCUT2D eigenvalue weighted by Crippen LogP contribution is -2.21. The number of rotatable bonds is 4. The molecule has 8 heteroatoms. The molecule has 0 aliphatic carbocycles. The molecular formula is C24H17F3N2O3. The third-order valence-electron chi connectivity index (χ3n) is 5.09. The number of fused-ring (bicyclic) bond motifs is 1. The summed E-state index contributed by atoms with van der Waals surface area (Å²) in [7, 11) is 1.27. The second-order valence-corrected chi connectivity index (χ2v) is 7.12. The molecule has 3 aromatic rings. The van der Waals surface area contributed by atoms with E-state index in [4.69, 9.17) is 4.74 Å². The van der Waals surface area contributed by atoms with Crippen molar-refractivity contribution in [1.82, 2.24) is 0 Å². The van der Waals surface area contributed by atoms with Crippen LogP contribution in [0.1, 0.15) is 33.0 Å². The summed E-state index contributed by atoms with van der Waals surface area (Å²) in [6.07, 6.45) is -4.45. The molecule has 32 heavy (non-hydrogen) atoms. The lowest BCUT2D eigenvalue weighted by molar-refractivity contribution is -0.137. The third kappa shape index (κ3) is 4.12. The van der Waals surface area contributed by atoms with Crippen LogP contribution in [0, 0.1) is 0 Å². The van der Waals surface area contributed by atoms with E-state index in [2.05, 4.69) is 10.3 Å². The molecule has 1 aliphatic rings. The van der Waals surface area contributed by atoms with Crippen molar-refractivity contribution in [1.29, 1.82) is 0 Å². The van der Waals surface area contributed by atoms with Crippen LogP contribution in [-0.4, -0.2) is 24.7 Å². The van der Waals surface area contributed by atoms with Gasteiger partial charge in [-0.25, -0.2) is 4.79 Å². The van der Waals surface area contributed by atoms with Crippen LogP contribution in [0.25, 0.3) is 0 Å². The highest BCUT2D eigenvalue weighted by molar-refractivity contribution is 6.24. The predicted octanol–water partition coefficient (Wildman–Crippen LogP) is 5.35. The molecule has 1 heterocycles. The lowest BCUT2D eigenvalue weighted by atomic mass is 9.90. The molecule has 0 radical (unpaired) electrons. The summed E-state index contributed by atoms with van der Waals surface area (Å²) in [6.45, 7) is 0. The van der Waals surface area contributed by atoms with E-state index in [1.54, 1.807) is 36.4 Å². The fraction of sp³-hybridized carbons (Fsp3) is 0.125. The molecule has 162 valence electrons. The molecule has 5 nitrogen and oxygen atoms in total. The summed E-state index contributed by atoms with van der Waals surface area (Å²) in [5.41, 5.74) is 1.88. The molecule has 0 aromatic heterocycles. The minimum Gasteiger partial charge on any atom is -0.465 e. The summed E-state index contributed by atoms with van der Waals surface area (Å²) in [5, 5.41) is 2.76. The molecule has 1 aliphatic heterocycles. The van der Waals surface area contributed by atoms with Crippen LogP contribution in [0.4, 0.5) is 24.5 Å². The van der Waals surface area contributed by atoms with Gasteiger partial charge in [-0.05, 0) is 47.5 Å². The van der Waals surface area contributed by atoms with Crippen molar-refractivity contribution in [3.05, 3.63) is 95.1 Å². The standard InChI is InChI=1S/C24H17F3N2O3/c1-32-23(31)15-7-12-18-19(13-15)29-22(30)20(18)21(14-5-3-2-4-6-14)28-17-10-8-16(9-11-17)24(25,26)27/h2-13,20H,1H3,(H,29,30). The van der Waals surface area contributed by atoms with Crippen LogP contribution >= 0.6 is 0 Å². The van der Waals surface area contributed by atoms with Gasteiger partial charge in [-0.1, -0.05) is 36.4 Å². The van der Waals surface area contributed by atoms with E-state index in [1.807, 2.05) is 6.07 Å². The predicted molar refractivity (Wildman–Crippen MR) is 113 cm³/mol. The lowest BCUT2D eigenvalue weighted by Gasteiger charge is -2.14. The Kier molecular flexibility index (Phi) is 5.52. The minimum atomic E-state index is -4.45. The fourth-order valence-electron chi connectivity index (χ4n) is 3.55. The van der Waals surface area contributed by atoms with E-state index in [-0.39, 0.29) is 17.2 Å². The number of alkyl halides is 3. The Bertz CT molecular complexity index is 1200. The first kappa shape index (κ1) is 21.3. The molecule has 1 atom stereocenters. The largest absolute Gasteiger partial charge is 0.465 e. The first-order valence-electron chi connectivity index (χ1n) is 9.62. The molecular weight excluding hydrogens is 421 g/mol. The van der Waals surface area contributed by atoms with Gasteiger partial charge < -0.3 is 10.1 Å². The van der Waals surface area contributed by atoms with Crippen LogP contribution in [0.3, 0.4) is 0 Å². The zero-order chi connectivity index (χ0) is 22.9. The molecule has 0 saturated carbocycles. The first-order chi connectivity index (χ1) is 15.3. The van der Waals surface area contributed by atoms with Gasteiger partial charge in [-0.3, -0.25) is 9.79 Å². The van der Waals surface area contributed by atoms with Crippen LogP contribution < -0.4 is 5.32 Å². The molecule has 0 bridgehead atoms. The van der Waals surface area contributed by atoms with Crippen LogP contribution in [-0.2, 0) is 15.7 Å². The number of methoxy groups -OCH3 is 1. The molecule has 0 fully saturated rings. The Morgan fingerprint density at radius 2 is 1.66 bits per heavy atom. The average molecular weight is 438 g/mol. The Morgan fingerprint density at radius 3 is 2.28 bits per heavy atom. The third-order valence-corrected chi connectivity index (χ3v) is 5.09. The highest BCUT2D eigenvalue weighted by atomic mass is 19.4. The Hall–Kier alpha value is -3.94. The van der Waals surface area contributed by atoms with Gasteiger partial charge in [0, 0.05) is 5.69 Å². The van der Waals surface area contributed by atoms with Crippen molar-refractivity contribution < 1.29 is 27.5 Å². The molecule has 4 rings (SSSR count). The maximum atomic E-state index is 12.9. The second kappa shape index (κ2) is 8.30. The number of nitrogens with zero attached hydrogens (tertiary/aromatic N) is 1. The number of amides is 1. The highest BCUT2D eigenvalue weighted by Gasteiger charge is 2.36.